The molecule has 0 spiro atoms. The Morgan fingerprint density at radius 2 is 2.06 bits per heavy atom. The molecule has 16 heavy (non-hydrogen) atoms. The number of aliphatic hydroxyl groups is 1. The zero-order valence-corrected chi connectivity index (χ0v) is 9.98. The second kappa shape index (κ2) is 5.25. The summed E-state index contributed by atoms with van der Waals surface area (Å²) < 4.78 is 0. The van der Waals surface area contributed by atoms with Gasteiger partial charge in [0.25, 0.3) is 0 Å². The molecule has 3 unspecified atom stereocenters. The van der Waals surface area contributed by atoms with Crippen molar-refractivity contribution in [3.8, 4) is 0 Å². The SMILES string of the molecule is CN(NC1CCC(=O)C1)C1CCCCC1O. The lowest BCUT2D eigenvalue weighted by molar-refractivity contribution is -0.117. The first-order valence-corrected chi connectivity index (χ1v) is 6.35. The summed E-state index contributed by atoms with van der Waals surface area (Å²) in [5.74, 6) is 0.357. The second-order valence-electron chi connectivity index (χ2n) is 5.14. The molecular formula is C12H22N2O2. The number of carbonyl (C=O) groups is 1. The quantitative estimate of drug-likeness (QED) is 0.700. The molecule has 0 heterocycles. The van der Waals surface area contributed by atoms with Crippen molar-refractivity contribution < 1.29 is 9.90 Å². The van der Waals surface area contributed by atoms with E-state index in [1.54, 1.807) is 0 Å². The van der Waals surface area contributed by atoms with E-state index in [0.717, 1.165) is 25.7 Å². The minimum absolute atomic E-state index is 0.212. The summed E-state index contributed by atoms with van der Waals surface area (Å²) in [5, 5.41) is 12.0. The van der Waals surface area contributed by atoms with E-state index in [1.807, 2.05) is 12.1 Å². The Bertz CT molecular complexity index is 257. The minimum Gasteiger partial charge on any atom is -0.391 e. The number of hydrogen-bond acceptors (Lipinski definition) is 4. The first kappa shape index (κ1) is 12.0. The molecular weight excluding hydrogens is 204 g/mol. The summed E-state index contributed by atoms with van der Waals surface area (Å²) in [7, 11) is 1.99. The summed E-state index contributed by atoms with van der Waals surface area (Å²) in [4.78, 5) is 11.2. The van der Waals surface area contributed by atoms with Gasteiger partial charge in [-0.05, 0) is 19.3 Å². The number of nitrogens with zero attached hydrogens (tertiary/aromatic N) is 1. The molecule has 0 aliphatic heterocycles. The van der Waals surface area contributed by atoms with Gasteiger partial charge in [0, 0.05) is 32.0 Å². The van der Waals surface area contributed by atoms with Gasteiger partial charge >= 0.3 is 0 Å². The lowest BCUT2D eigenvalue weighted by atomic mass is 9.92. The molecule has 3 atom stereocenters. The monoisotopic (exact) mass is 226 g/mol. The van der Waals surface area contributed by atoms with Gasteiger partial charge in [0.05, 0.1) is 6.10 Å². The van der Waals surface area contributed by atoms with E-state index in [-0.39, 0.29) is 18.2 Å². The van der Waals surface area contributed by atoms with Crippen molar-refractivity contribution in [3.63, 3.8) is 0 Å². The number of Topliss-reactive ketones (excluding diaryl/α,β-unsaturated/α-hetero) is 1. The van der Waals surface area contributed by atoms with Gasteiger partial charge in [-0.3, -0.25) is 10.2 Å². The number of hydrazine groups is 1. The summed E-state index contributed by atoms with van der Waals surface area (Å²) in [5.41, 5.74) is 3.36. The third-order valence-electron chi connectivity index (χ3n) is 3.82. The predicted molar refractivity (Wildman–Crippen MR) is 61.8 cm³/mol. The van der Waals surface area contributed by atoms with Crippen LogP contribution in [-0.2, 0) is 4.79 Å². The first-order chi connectivity index (χ1) is 7.66. The van der Waals surface area contributed by atoms with E-state index in [2.05, 4.69) is 5.43 Å². The topological polar surface area (TPSA) is 52.6 Å². The van der Waals surface area contributed by atoms with Crippen molar-refractivity contribution in [2.45, 2.75) is 63.1 Å². The van der Waals surface area contributed by atoms with Gasteiger partial charge in [-0.1, -0.05) is 12.8 Å². The van der Waals surface area contributed by atoms with Crippen LogP contribution < -0.4 is 5.43 Å². The fourth-order valence-electron chi connectivity index (χ4n) is 2.85. The summed E-state index contributed by atoms with van der Waals surface area (Å²) in [6.07, 6.45) is 6.34. The van der Waals surface area contributed by atoms with Crippen molar-refractivity contribution in [1.82, 2.24) is 10.4 Å². The molecule has 0 aromatic carbocycles. The van der Waals surface area contributed by atoms with Gasteiger partial charge in [0.1, 0.15) is 5.78 Å². The van der Waals surface area contributed by atoms with Crippen LogP contribution in [0.4, 0.5) is 0 Å². The Balaban J connectivity index is 1.82. The zero-order valence-electron chi connectivity index (χ0n) is 9.98. The molecule has 2 rings (SSSR count). The molecule has 92 valence electrons. The average molecular weight is 226 g/mol. The van der Waals surface area contributed by atoms with Crippen molar-refractivity contribution >= 4 is 5.78 Å². The van der Waals surface area contributed by atoms with Crippen LogP contribution in [0.15, 0.2) is 0 Å². The number of likely N-dealkylation sites (N-methyl/N-ethyl adjacent to an activating group) is 1. The molecule has 2 N–H and O–H groups in total. The maximum Gasteiger partial charge on any atom is 0.134 e. The molecule has 0 saturated heterocycles. The van der Waals surface area contributed by atoms with Gasteiger partial charge in [-0.25, -0.2) is 5.01 Å². The summed E-state index contributed by atoms with van der Waals surface area (Å²) >= 11 is 0. The average Bonchev–Trinajstić information content (AvgIpc) is 2.64. The number of rotatable bonds is 3. The van der Waals surface area contributed by atoms with Crippen LogP contribution in [0.5, 0.6) is 0 Å². The Kier molecular flexibility index (Phi) is 3.95. The van der Waals surface area contributed by atoms with Crippen molar-refractivity contribution in [2.75, 3.05) is 7.05 Å². The molecule has 0 aromatic heterocycles. The highest BCUT2D eigenvalue weighted by Crippen LogP contribution is 2.22. The highest BCUT2D eigenvalue weighted by Gasteiger charge is 2.29. The van der Waals surface area contributed by atoms with Crippen LogP contribution in [0.25, 0.3) is 0 Å². The first-order valence-electron chi connectivity index (χ1n) is 6.35. The minimum atomic E-state index is -0.219. The summed E-state index contributed by atoms with van der Waals surface area (Å²) in [6.45, 7) is 0. The smallest absolute Gasteiger partial charge is 0.134 e. The van der Waals surface area contributed by atoms with E-state index in [0.29, 0.717) is 18.6 Å². The second-order valence-corrected chi connectivity index (χ2v) is 5.14. The van der Waals surface area contributed by atoms with Crippen molar-refractivity contribution in [3.05, 3.63) is 0 Å². The fourth-order valence-corrected chi connectivity index (χ4v) is 2.85. The molecule has 2 aliphatic carbocycles. The normalized spacial score (nSPS) is 35.9. The number of carbonyl (C=O) groups excluding carboxylic acids is 1. The van der Waals surface area contributed by atoms with Gasteiger partial charge in [0.15, 0.2) is 0 Å². The van der Waals surface area contributed by atoms with Crippen LogP contribution in [0.3, 0.4) is 0 Å². The van der Waals surface area contributed by atoms with E-state index in [9.17, 15) is 9.90 Å². The van der Waals surface area contributed by atoms with Crippen LogP contribution in [0.1, 0.15) is 44.9 Å². The van der Waals surface area contributed by atoms with Crippen LogP contribution in [-0.4, -0.2) is 41.1 Å². The third-order valence-corrected chi connectivity index (χ3v) is 3.82. The van der Waals surface area contributed by atoms with Crippen LogP contribution >= 0.6 is 0 Å². The molecule has 0 amide bonds. The van der Waals surface area contributed by atoms with Gasteiger partial charge < -0.3 is 5.11 Å². The van der Waals surface area contributed by atoms with E-state index >= 15 is 0 Å². The zero-order chi connectivity index (χ0) is 11.5. The molecule has 0 bridgehead atoms. The third kappa shape index (κ3) is 2.81. The highest BCUT2D eigenvalue weighted by atomic mass is 16.3. The summed E-state index contributed by atoms with van der Waals surface area (Å²) in [6, 6.07) is 0.496. The van der Waals surface area contributed by atoms with E-state index in [4.69, 9.17) is 0 Å². The lowest BCUT2D eigenvalue weighted by Crippen LogP contribution is -2.52. The van der Waals surface area contributed by atoms with E-state index < -0.39 is 0 Å². The standard InChI is InChI=1S/C12H22N2O2/c1-14(11-4-2-3-5-12(11)16)13-9-6-7-10(15)8-9/h9,11-13,16H,2-8H2,1H3. The Hall–Kier alpha value is -0.450. The maximum absolute atomic E-state index is 11.2. The number of nitrogens with one attached hydrogen (secondary N) is 1. The Labute approximate surface area is 97.0 Å². The lowest BCUT2D eigenvalue weighted by Gasteiger charge is -2.36. The van der Waals surface area contributed by atoms with Gasteiger partial charge in [-0.2, -0.15) is 0 Å². The molecule has 2 fully saturated rings. The predicted octanol–water partition coefficient (Wildman–Crippen LogP) is 0.848. The van der Waals surface area contributed by atoms with Gasteiger partial charge in [0.2, 0.25) is 0 Å². The van der Waals surface area contributed by atoms with Crippen molar-refractivity contribution in [1.29, 1.82) is 0 Å². The molecule has 0 aromatic rings. The molecule has 2 saturated carbocycles. The maximum atomic E-state index is 11.2. The molecule has 0 radical (unpaired) electrons. The Morgan fingerprint density at radius 3 is 2.69 bits per heavy atom. The molecule has 4 heteroatoms. The number of ketones is 1. The highest BCUT2D eigenvalue weighted by molar-refractivity contribution is 5.81. The number of aliphatic hydroxyl groups excluding tert-OH is 1. The van der Waals surface area contributed by atoms with Gasteiger partial charge in [-0.15, -0.1) is 0 Å². The van der Waals surface area contributed by atoms with Crippen LogP contribution in [0.2, 0.25) is 0 Å². The largest absolute Gasteiger partial charge is 0.391 e. The van der Waals surface area contributed by atoms with E-state index in [1.165, 1.54) is 6.42 Å². The van der Waals surface area contributed by atoms with Crippen LogP contribution in [0, 0.1) is 0 Å². The number of hydrogen-bond donors (Lipinski definition) is 2. The fraction of sp³-hybridized carbons (Fsp3) is 0.917. The molecule has 4 nitrogen and oxygen atoms in total. The Morgan fingerprint density at radius 1 is 1.31 bits per heavy atom. The molecule has 2 aliphatic rings. The van der Waals surface area contributed by atoms with Crippen molar-refractivity contribution in [2.24, 2.45) is 0 Å².